The van der Waals surface area contributed by atoms with Crippen LogP contribution < -0.4 is 5.73 Å². The first-order valence-electron chi connectivity index (χ1n) is 7.28. The molecule has 4 nitrogen and oxygen atoms in total. The Hall–Kier alpha value is -1.23. The highest BCUT2D eigenvalue weighted by Gasteiger charge is 2.27. The molecule has 116 valence electrons. The number of carbonyl (C=O) groups is 1. The number of piperidine rings is 1. The predicted molar refractivity (Wildman–Crippen MR) is 88.3 cm³/mol. The fourth-order valence-corrected chi connectivity index (χ4v) is 3.12. The van der Waals surface area contributed by atoms with Crippen LogP contribution in [0.25, 0.3) is 0 Å². The van der Waals surface area contributed by atoms with E-state index in [-0.39, 0.29) is 6.09 Å². The maximum Gasteiger partial charge on any atom is 0.410 e. The largest absolute Gasteiger partial charge is 0.444 e. The van der Waals surface area contributed by atoms with Gasteiger partial charge in [0.2, 0.25) is 0 Å². The number of amides is 1. The van der Waals surface area contributed by atoms with Gasteiger partial charge in [0, 0.05) is 23.2 Å². The molecule has 1 fully saturated rings. The minimum absolute atomic E-state index is 0.213. The van der Waals surface area contributed by atoms with Crippen molar-refractivity contribution in [1.82, 2.24) is 4.90 Å². The number of nitrogens with two attached hydrogens (primary N) is 1. The van der Waals surface area contributed by atoms with E-state index in [0.717, 1.165) is 36.1 Å². The number of benzene rings is 1. The van der Waals surface area contributed by atoms with Gasteiger partial charge in [-0.05, 0) is 63.3 Å². The Morgan fingerprint density at radius 1 is 1.29 bits per heavy atom. The monoisotopic (exact) mass is 354 g/mol. The summed E-state index contributed by atoms with van der Waals surface area (Å²) in [7, 11) is 0. The average molecular weight is 355 g/mol. The number of nitrogen functional groups attached to an aromatic ring is 1. The van der Waals surface area contributed by atoms with E-state index in [1.807, 2.05) is 32.9 Å². The van der Waals surface area contributed by atoms with Gasteiger partial charge in [-0.25, -0.2) is 4.79 Å². The predicted octanol–water partition coefficient (Wildman–Crippen LogP) is 4.15. The quantitative estimate of drug-likeness (QED) is 0.770. The van der Waals surface area contributed by atoms with Crippen molar-refractivity contribution in [2.24, 2.45) is 0 Å². The molecule has 0 saturated carbocycles. The summed E-state index contributed by atoms with van der Waals surface area (Å²) in [6.07, 6.45) is 1.67. The molecule has 1 aliphatic heterocycles. The van der Waals surface area contributed by atoms with Crippen molar-refractivity contribution in [2.75, 3.05) is 18.8 Å². The molecule has 0 bridgehead atoms. The lowest BCUT2D eigenvalue weighted by atomic mass is 9.89. The Kier molecular flexibility index (Phi) is 4.81. The SMILES string of the molecule is CC(C)(C)OC(=O)N1CCC(c2cc(N)cc(Br)c2)CC1. The van der Waals surface area contributed by atoms with Crippen LogP contribution in [0.4, 0.5) is 10.5 Å². The minimum Gasteiger partial charge on any atom is -0.444 e. The molecule has 2 rings (SSSR count). The molecule has 1 amide bonds. The first-order valence-corrected chi connectivity index (χ1v) is 8.08. The van der Waals surface area contributed by atoms with Crippen molar-refractivity contribution < 1.29 is 9.53 Å². The Morgan fingerprint density at radius 2 is 1.90 bits per heavy atom. The van der Waals surface area contributed by atoms with Gasteiger partial charge in [-0.2, -0.15) is 0 Å². The molecule has 1 aromatic carbocycles. The summed E-state index contributed by atoms with van der Waals surface area (Å²) in [5.74, 6) is 0.448. The third-order valence-corrected chi connectivity index (χ3v) is 4.02. The van der Waals surface area contributed by atoms with Gasteiger partial charge in [0.25, 0.3) is 0 Å². The molecule has 1 heterocycles. The highest BCUT2D eigenvalue weighted by Crippen LogP contribution is 2.31. The summed E-state index contributed by atoms with van der Waals surface area (Å²) in [5, 5.41) is 0. The molecule has 2 N–H and O–H groups in total. The number of ether oxygens (including phenoxy) is 1. The van der Waals surface area contributed by atoms with E-state index in [2.05, 4.69) is 22.0 Å². The first kappa shape index (κ1) is 16.1. The zero-order valence-corrected chi connectivity index (χ0v) is 14.4. The summed E-state index contributed by atoms with van der Waals surface area (Å²) in [4.78, 5) is 13.8. The van der Waals surface area contributed by atoms with Crippen molar-refractivity contribution in [1.29, 1.82) is 0 Å². The van der Waals surface area contributed by atoms with E-state index in [0.29, 0.717) is 5.92 Å². The van der Waals surface area contributed by atoms with Crippen molar-refractivity contribution >= 4 is 27.7 Å². The minimum atomic E-state index is -0.438. The van der Waals surface area contributed by atoms with E-state index in [1.165, 1.54) is 5.56 Å². The standard InChI is InChI=1S/C16H23BrN2O2/c1-16(2,3)21-15(20)19-6-4-11(5-7-19)12-8-13(17)10-14(18)9-12/h8-11H,4-7,18H2,1-3H3. The number of halogens is 1. The Morgan fingerprint density at radius 3 is 2.43 bits per heavy atom. The van der Waals surface area contributed by atoms with Crippen LogP contribution in [0.2, 0.25) is 0 Å². The zero-order valence-electron chi connectivity index (χ0n) is 12.9. The Labute approximate surface area is 134 Å². The summed E-state index contributed by atoms with van der Waals surface area (Å²) >= 11 is 3.48. The van der Waals surface area contributed by atoms with E-state index < -0.39 is 5.60 Å². The maximum absolute atomic E-state index is 12.0. The molecule has 0 radical (unpaired) electrons. The second-order valence-corrected chi connectivity index (χ2v) is 7.48. The molecule has 1 aromatic rings. The zero-order chi connectivity index (χ0) is 15.6. The number of carbonyl (C=O) groups excluding carboxylic acids is 1. The molecular weight excluding hydrogens is 332 g/mol. The van der Waals surface area contributed by atoms with Crippen LogP contribution in [0.15, 0.2) is 22.7 Å². The van der Waals surface area contributed by atoms with Gasteiger partial charge in [-0.3, -0.25) is 0 Å². The third kappa shape index (κ3) is 4.63. The van der Waals surface area contributed by atoms with E-state index in [9.17, 15) is 4.79 Å². The lowest BCUT2D eigenvalue weighted by molar-refractivity contribution is 0.0205. The van der Waals surface area contributed by atoms with Gasteiger partial charge < -0.3 is 15.4 Å². The van der Waals surface area contributed by atoms with E-state index >= 15 is 0 Å². The normalized spacial score (nSPS) is 16.9. The summed E-state index contributed by atoms with van der Waals surface area (Å²) < 4.78 is 6.42. The number of likely N-dealkylation sites (tertiary alicyclic amines) is 1. The van der Waals surface area contributed by atoms with Crippen LogP contribution >= 0.6 is 15.9 Å². The molecule has 5 heteroatoms. The van der Waals surface area contributed by atoms with Crippen LogP contribution in [0.3, 0.4) is 0 Å². The van der Waals surface area contributed by atoms with Crippen molar-refractivity contribution in [3.8, 4) is 0 Å². The third-order valence-electron chi connectivity index (χ3n) is 3.56. The van der Waals surface area contributed by atoms with Gasteiger partial charge in [-0.15, -0.1) is 0 Å². The molecular formula is C16H23BrN2O2. The molecule has 0 unspecified atom stereocenters. The van der Waals surface area contributed by atoms with Crippen LogP contribution in [0, 0.1) is 0 Å². The second-order valence-electron chi connectivity index (χ2n) is 6.56. The lowest BCUT2D eigenvalue weighted by Crippen LogP contribution is -2.41. The molecule has 0 atom stereocenters. The van der Waals surface area contributed by atoms with Gasteiger partial charge in [0.1, 0.15) is 5.60 Å². The fraction of sp³-hybridized carbons (Fsp3) is 0.562. The average Bonchev–Trinajstić information content (AvgIpc) is 2.35. The van der Waals surface area contributed by atoms with E-state index in [1.54, 1.807) is 4.90 Å². The van der Waals surface area contributed by atoms with Crippen molar-refractivity contribution in [3.63, 3.8) is 0 Å². The number of hydrogen-bond donors (Lipinski definition) is 1. The first-order chi connectivity index (χ1) is 9.74. The van der Waals surface area contributed by atoms with Gasteiger partial charge in [0.15, 0.2) is 0 Å². The van der Waals surface area contributed by atoms with Crippen molar-refractivity contribution in [3.05, 3.63) is 28.2 Å². The summed E-state index contributed by atoms with van der Waals surface area (Å²) in [6, 6.07) is 6.04. The number of hydrogen-bond acceptors (Lipinski definition) is 3. The van der Waals surface area contributed by atoms with Gasteiger partial charge >= 0.3 is 6.09 Å². The number of rotatable bonds is 1. The molecule has 0 aromatic heterocycles. The van der Waals surface area contributed by atoms with Crippen LogP contribution in [0.5, 0.6) is 0 Å². The van der Waals surface area contributed by atoms with Gasteiger partial charge in [-0.1, -0.05) is 15.9 Å². The van der Waals surface area contributed by atoms with Crippen LogP contribution in [-0.4, -0.2) is 29.7 Å². The van der Waals surface area contributed by atoms with Crippen LogP contribution in [-0.2, 0) is 4.74 Å². The highest BCUT2D eigenvalue weighted by molar-refractivity contribution is 9.10. The molecule has 1 saturated heterocycles. The van der Waals surface area contributed by atoms with Crippen molar-refractivity contribution in [2.45, 2.75) is 45.1 Å². The smallest absolute Gasteiger partial charge is 0.410 e. The fourth-order valence-electron chi connectivity index (χ4n) is 2.59. The number of nitrogens with zero attached hydrogens (tertiary/aromatic N) is 1. The molecule has 0 aliphatic carbocycles. The van der Waals surface area contributed by atoms with Crippen LogP contribution in [0.1, 0.15) is 45.1 Å². The summed E-state index contributed by atoms with van der Waals surface area (Å²) in [5.41, 5.74) is 7.47. The molecule has 0 spiro atoms. The topological polar surface area (TPSA) is 55.6 Å². The molecule has 1 aliphatic rings. The lowest BCUT2D eigenvalue weighted by Gasteiger charge is -2.33. The molecule has 21 heavy (non-hydrogen) atoms. The van der Waals surface area contributed by atoms with Gasteiger partial charge in [0.05, 0.1) is 0 Å². The second kappa shape index (κ2) is 6.26. The highest BCUT2D eigenvalue weighted by atomic mass is 79.9. The summed E-state index contributed by atoms with van der Waals surface area (Å²) in [6.45, 7) is 7.13. The number of anilines is 1. The maximum atomic E-state index is 12.0. The van der Waals surface area contributed by atoms with E-state index in [4.69, 9.17) is 10.5 Å². The Bertz CT molecular complexity index is 497. The Balaban J connectivity index is 1.95.